The van der Waals surface area contributed by atoms with Crippen LogP contribution in [0.1, 0.15) is 36.5 Å². The van der Waals surface area contributed by atoms with Crippen molar-refractivity contribution < 1.29 is 23.4 Å². The number of fused-ring (bicyclic) bond motifs is 3. The molecule has 9 heteroatoms. The Balaban J connectivity index is 1.59. The van der Waals surface area contributed by atoms with Crippen LogP contribution < -0.4 is 0 Å². The molecular formula is C23H25F3N4O2. The number of phenols is 1. The Bertz CT molecular complexity index is 1200. The number of benzene rings is 1. The van der Waals surface area contributed by atoms with Crippen LogP contribution in [0.4, 0.5) is 13.2 Å². The summed E-state index contributed by atoms with van der Waals surface area (Å²) in [6.07, 6.45) is -1.22. The number of alkyl halides is 3. The lowest BCUT2D eigenvalue weighted by Crippen LogP contribution is -2.71. The number of phenolic OH excluding ortho intramolecular Hbond substituents is 1. The second-order valence-electron chi connectivity index (χ2n) is 9.44. The van der Waals surface area contributed by atoms with E-state index in [1.165, 1.54) is 6.92 Å². The molecule has 2 aliphatic heterocycles. The van der Waals surface area contributed by atoms with Gasteiger partial charge in [-0.3, -0.25) is 4.90 Å². The third-order valence-corrected chi connectivity index (χ3v) is 6.96. The quantitative estimate of drug-likeness (QED) is 0.636. The second kappa shape index (κ2) is 6.68. The maximum Gasteiger partial charge on any atom is 0.416 e. The maximum atomic E-state index is 13.1. The number of rotatable bonds is 3. The summed E-state index contributed by atoms with van der Waals surface area (Å²) in [4.78, 5) is 2.24. The van der Waals surface area contributed by atoms with Crippen LogP contribution in [0.25, 0.3) is 22.3 Å². The number of nitrogens with zero attached hydrogens (tertiary/aromatic N) is 4. The van der Waals surface area contributed by atoms with Crippen LogP contribution in [0.3, 0.4) is 0 Å². The fourth-order valence-electron chi connectivity index (χ4n) is 5.68. The number of hydrogen-bond donors (Lipinski definition) is 2. The fraction of sp³-hybridized carbons (Fsp3) is 0.478. The van der Waals surface area contributed by atoms with E-state index in [1.807, 2.05) is 13.1 Å². The summed E-state index contributed by atoms with van der Waals surface area (Å²) >= 11 is 0. The van der Waals surface area contributed by atoms with Crippen molar-refractivity contribution in [2.24, 2.45) is 0 Å². The number of aromatic nitrogens is 3. The number of aromatic hydroxyl groups is 1. The summed E-state index contributed by atoms with van der Waals surface area (Å²) in [5.41, 5.74) is 0.634. The third-order valence-electron chi connectivity index (χ3n) is 6.96. The molecule has 2 aromatic heterocycles. The molecule has 0 unspecified atom stereocenters. The van der Waals surface area contributed by atoms with Gasteiger partial charge in [-0.15, -0.1) is 10.2 Å². The molecule has 0 radical (unpaired) electrons. The van der Waals surface area contributed by atoms with Gasteiger partial charge < -0.3 is 14.8 Å². The van der Waals surface area contributed by atoms with Gasteiger partial charge >= 0.3 is 6.18 Å². The first-order valence-corrected chi connectivity index (χ1v) is 10.7. The van der Waals surface area contributed by atoms with E-state index < -0.39 is 23.1 Å². The van der Waals surface area contributed by atoms with Crippen molar-refractivity contribution >= 4 is 11.0 Å². The molecule has 2 bridgehead atoms. The highest BCUT2D eigenvalue weighted by atomic mass is 19.4. The molecule has 1 saturated carbocycles. The van der Waals surface area contributed by atoms with E-state index in [4.69, 9.17) is 0 Å². The zero-order chi connectivity index (χ0) is 23.1. The number of aryl methyl sites for hydroxylation is 2. The molecule has 0 spiro atoms. The predicted octanol–water partition coefficient (Wildman–Crippen LogP) is 4.00. The van der Waals surface area contributed by atoms with E-state index in [2.05, 4.69) is 26.6 Å². The van der Waals surface area contributed by atoms with Crippen molar-refractivity contribution in [3.63, 3.8) is 0 Å². The van der Waals surface area contributed by atoms with Gasteiger partial charge in [0.1, 0.15) is 5.75 Å². The molecule has 4 heterocycles. The molecule has 1 aromatic carbocycles. The molecule has 6 nitrogen and oxygen atoms in total. The molecule has 2 saturated heterocycles. The lowest BCUT2D eigenvalue weighted by atomic mass is 9.61. The first-order valence-electron chi connectivity index (χ1n) is 10.7. The minimum Gasteiger partial charge on any atom is -0.507 e. The first kappa shape index (κ1) is 21.2. The molecule has 6 rings (SSSR count). The summed E-state index contributed by atoms with van der Waals surface area (Å²) < 4.78 is 41.3. The van der Waals surface area contributed by atoms with Gasteiger partial charge in [-0.05, 0) is 49.7 Å². The van der Waals surface area contributed by atoms with Crippen LogP contribution in [-0.2, 0) is 11.7 Å². The van der Waals surface area contributed by atoms with E-state index in [9.17, 15) is 23.4 Å². The zero-order valence-electron chi connectivity index (χ0n) is 18.2. The van der Waals surface area contributed by atoms with Crippen LogP contribution in [0.2, 0.25) is 0 Å². The molecule has 32 heavy (non-hydrogen) atoms. The highest BCUT2D eigenvalue weighted by Gasteiger charge is 2.60. The maximum absolute atomic E-state index is 13.1. The highest BCUT2D eigenvalue weighted by Crippen LogP contribution is 2.52. The predicted molar refractivity (Wildman–Crippen MR) is 113 cm³/mol. The van der Waals surface area contributed by atoms with Crippen molar-refractivity contribution in [3.05, 3.63) is 41.1 Å². The Hall–Kier alpha value is -2.65. The molecule has 2 N–H and O–H groups in total. The molecule has 0 amide bonds. The van der Waals surface area contributed by atoms with E-state index in [-0.39, 0.29) is 16.7 Å². The van der Waals surface area contributed by atoms with Crippen LogP contribution in [0.5, 0.6) is 5.75 Å². The van der Waals surface area contributed by atoms with Crippen LogP contribution >= 0.6 is 0 Å². The highest BCUT2D eigenvalue weighted by molar-refractivity contribution is 5.85. The number of piperidine rings is 2. The second-order valence-corrected chi connectivity index (χ2v) is 9.44. The van der Waals surface area contributed by atoms with E-state index >= 15 is 0 Å². The number of halogens is 3. The third kappa shape index (κ3) is 3.09. The molecule has 3 aliphatic rings. The van der Waals surface area contributed by atoms with Gasteiger partial charge in [-0.2, -0.15) is 13.2 Å². The largest absolute Gasteiger partial charge is 0.507 e. The van der Waals surface area contributed by atoms with E-state index in [0.717, 1.165) is 36.2 Å². The van der Waals surface area contributed by atoms with Gasteiger partial charge in [0.2, 0.25) is 0 Å². The lowest BCUT2D eigenvalue weighted by molar-refractivity contribution is -0.181. The summed E-state index contributed by atoms with van der Waals surface area (Å²) in [7, 11) is 0. The topological polar surface area (TPSA) is 74.4 Å². The van der Waals surface area contributed by atoms with Crippen LogP contribution in [0.15, 0.2) is 24.4 Å². The molecule has 0 atom stereocenters. The van der Waals surface area contributed by atoms with Gasteiger partial charge in [0, 0.05) is 43.1 Å². The first-order chi connectivity index (χ1) is 14.9. The van der Waals surface area contributed by atoms with Crippen molar-refractivity contribution in [1.82, 2.24) is 19.7 Å². The Labute approximate surface area is 183 Å². The normalized spacial score (nSPS) is 25.8. The van der Waals surface area contributed by atoms with Crippen molar-refractivity contribution in [1.29, 1.82) is 0 Å². The average molecular weight is 446 g/mol. The van der Waals surface area contributed by atoms with Gasteiger partial charge in [-0.25, -0.2) is 0 Å². The molecule has 3 fully saturated rings. The van der Waals surface area contributed by atoms with Crippen LogP contribution in [-0.4, -0.2) is 55.1 Å². The van der Waals surface area contributed by atoms with Gasteiger partial charge in [0.05, 0.1) is 22.4 Å². The lowest BCUT2D eigenvalue weighted by Gasteiger charge is -2.61. The van der Waals surface area contributed by atoms with Crippen LogP contribution in [0, 0.1) is 13.8 Å². The summed E-state index contributed by atoms with van der Waals surface area (Å²) in [5, 5.41) is 30.7. The Kier molecular flexibility index (Phi) is 4.43. The summed E-state index contributed by atoms with van der Waals surface area (Å²) in [5.74, 6) is -0.475. The average Bonchev–Trinajstić information content (AvgIpc) is 3.02. The molecule has 3 aromatic rings. The number of hydrogen-bond acceptors (Lipinski definition) is 5. The Morgan fingerprint density at radius 1 is 1.06 bits per heavy atom. The minimum atomic E-state index is -4.54. The Morgan fingerprint density at radius 2 is 1.78 bits per heavy atom. The number of likely N-dealkylation sites (N-methyl/N-ethyl adjacent to an activating group) is 1. The molecule has 170 valence electrons. The standard InChI is InChI=1S/C23H25F3N4O2/c1-4-29-11-21(9-22(32,10-21)12-29)30-8-14(3)16-7-17(27-28-20(16)30)19-13(2)5-15(6-18(19)31)23(24,25)26/h5-8,31-32H,4,9-12H2,1-3H3. The molecule has 1 aliphatic carbocycles. The summed E-state index contributed by atoms with van der Waals surface area (Å²) in [6.45, 7) is 7.88. The monoisotopic (exact) mass is 446 g/mol. The van der Waals surface area contributed by atoms with Crippen molar-refractivity contribution in [2.45, 2.75) is 50.9 Å². The molecular weight excluding hydrogens is 421 g/mol. The SMILES string of the molecule is CCN1CC2(O)CC(n3cc(C)c4cc(-c5c(C)cc(C(F)(F)F)cc5O)nnc43)(C1)C2. The minimum absolute atomic E-state index is 0.241. The number of aliphatic hydroxyl groups is 1. The summed E-state index contributed by atoms with van der Waals surface area (Å²) in [6, 6.07) is 3.50. The van der Waals surface area contributed by atoms with Gasteiger partial charge in [0.25, 0.3) is 0 Å². The fourth-order valence-corrected chi connectivity index (χ4v) is 5.68. The van der Waals surface area contributed by atoms with Gasteiger partial charge in [0.15, 0.2) is 5.65 Å². The Morgan fingerprint density at radius 3 is 2.41 bits per heavy atom. The van der Waals surface area contributed by atoms with Gasteiger partial charge in [-0.1, -0.05) is 6.92 Å². The smallest absolute Gasteiger partial charge is 0.416 e. The van der Waals surface area contributed by atoms with Crippen molar-refractivity contribution in [2.75, 3.05) is 19.6 Å². The zero-order valence-corrected chi connectivity index (χ0v) is 18.2. The van der Waals surface area contributed by atoms with E-state index in [0.29, 0.717) is 30.7 Å². The van der Waals surface area contributed by atoms with E-state index in [1.54, 1.807) is 6.07 Å². The van der Waals surface area contributed by atoms with Crippen molar-refractivity contribution in [3.8, 4) is 17.0 Å².